The first-order valence-corrected chi connectivity index (χ1v) is 11.2. The molecule has 3 rings (SSSR count). The number of piperazine rings is 1. The lowest BCUT2D eigenvalue weighted by Gasteiger charge is -2.33. The van der Waals surface area contributed by atoms with Gasteiger partial charge in [-0.15, -0.1) is 0 Å². The molecule has 0 unspecified atom stereocenters. The first kappa shape index (κ1) is 23.8. The number of amides is 1. The molecule has 6 nitrogen and oxygen atoms in total. The Hall–Kier alpha value is -2.87. The van der Waals surface area contributed by atoms with Crippen molar-refractivity contribution in [1.82, 2.24) is 9.21 Å². The number of alkyl halides is 3. The van der Waals surface area contributed by atoms with E-state index in [1.54, 1.807) is 6.07 Å². The van der Waals surface area contributed by atoms with E-state index in [-0.39, 0.29) is 42.2 Å². The summed E-state index contributed by atoms with van der Waals surface area (Å²) in [6.07, 6.45) is -2.23. The second-order valence-electron chi connectivity index (χ2n) is 6.91. The van der Waals surface area contributed by atoms with Gasteiger partial charge in [-0.2, -0.15) is 22.7 Å². The van der Waals surface area contributed by atoms with Crippen LogP contribution in [0.25, 0.3) is 6.08 Å². The van der Waals surface area contributed by atoms with Crippen LogP contribution >= 0.6 is 11.6 Å². The maximum atomic E-state index is 13.0. The zero-order chi connectivity index (χ0) is 23.5. The van der Waals surface area contributed by atoms with Crippen molar-refractivity contribution >= 4 is 33.6 Å². The molecule has 2 aromatic rings. The highest BCUT2D eigenvalue weighted by Gasteiger charge is 2.33. The second kappa shape index (κ2) is 9.32. The van der Waals surface area contributed by atoms with Crippen molar-refractivity contribution in [2.75, 3.05) is 26.2 Å². The number of carbonyl (C=O) groups excluding carboxylic acids is 1. The molecule has 0 radical (unpaired) electrons. The highest BCUT2D eigenvalue weighted by atomic mass is 35.5. The average Bonchev–Trinajstić information content (AvgIpc) is 2.77. The molecule has 1 aliphatic rings. The van der Waals surface area contributed by atoms with Gasteiger partial charge in [0.25, 0.3) is 0 Å². The minimum atomic E-state index is -4.61. The van der Waals surface area contributed by atoms with Gasteiger partial charge in [0, 0.05) is 32.3 Å². The molecule has 1 fully saturated rings. The number of hydrogen-bond donors (Lipinski definition) is 0. The number of carbonyl (C=O) groups is 1. The van der Waals surface area contributed by atoms with Crippen LogP contribution in [0.2, 0.25) is 5.02 Å². The number of sulfonamides is 1. The van der Waals surface area contributed by atoms with E-state index in [0.717, 1.165) is 18.2 Å². The molecule has 1 amide bonds. The van der Waals surface area contributed by atoms with Crippen LogP contribution < -0.4 is 0 Å². The van der Waals surface area contributed by atoms with E-state index in [2.05, 4.69) is 0 Å². The van der Waals surface area contributed by atoms with Gasteiger partial charge in [0.1, 0.15) is 6.07 Å². The lowest BCUT2D eigenvalue weighted by molar-refractivity contribution is -0.137. The summed E-state index contributed by atoms with van der Waals surface area (Å²) in [4.78, 5) is 13.7. The Morgan fingerprint density at radius 3 is 2.38 bits per heavy atom. The van der Waals surface area contributed by atoms with Crippen LogP contribution in [-0.2, 0) is 21.0 Å². The fourth-order valence-corrected chi connectivity index (χ4v) is 5.00. The summed E-state index contributed by atoms with van der Waals surface area (Å²) in [5, 5.41) is 8.73. The average molecular weight is 484 g/mol. The van der Waals surface area contributed by atoms with Crippen LogP contribution in [0.5, 0.6) is 0 Å². The quantitative estimate of drug-likeness (QED) is 0.620. The Morgan fingerprint density at radius 2 is 1.75 bits per heavy atom. The second-order valence-corrected chi connectivity index (χ2v) is 9.22. The van der Waals surface area contributed by atoms with Crippen LogP contribution in [0, 0.1) is 11.3 Å². The standard InChI is InChI=1S/C21H17ClF3N3O3S/c22-18-7-5-15(13-17(18)21(23,24)25)6-8-20(29)27-9-11-28(12-10-27)32(30,31)19-4-2-1-3-16(19)14-26/h1-8,13H,9-12H2/b8-6+. The summed E-state index contributed by atoms with van der Waals surface area (Å²) in [7, 11) is -3.90. The Labute approximate surface area is 188 Å². The van der Waals surface area contributed by atoms with Gasteiger partial charge in [-0.1, -0.05) is 29.8 Å². The maximum absolute atomic E-state index is 13.0. The Bertz CT molecular complexity index is 1200. The number of halogens is 4. The van der Waals surface area contributed by atoms with Crippen molar-refractivity contribution in [3.63, 3.8) is 0 Å². The first-order chi connectivity index (χ1) is 15.0. The fourth-order valence-electron chi connectivity index (χ4n) is 3.21. The summed E-state index contributed by atoms with van der Waals surface area (Å²) < 4.78 is 65.8. The molecule has 0 N–H and O–H groups in total. The van der Waals surface area contributed by atoms with Gasteiger partial charge in [-0.3, -0.25) is 4.79 Å². The largest absolute Gasteiger partial charge is 0.417 e. The lowest BCUT2D eigenvalue weighted by atomic mass is 10.1. The van der Waals surface area contributed by atoms with Gasteiger partial charge >= 0.3 is 6.18 Å². The monoisotopic (exact) mass is 483 g/mol. The Kier molecular flexibility index (Phi) is 6.93. The SMILES string of the molecule is N#Cc1ccccc1S(=O)(=O)N1CCN(C(=O)/C=C/c2ccc(Cl)c(C(F)(F)F)c2)CC1. The molecular formula is C21H17ClF3N3O3S. The van der Waals surface area contributed by atoms with Gasteiger partial charge in [0.2, 0.25) is 15.9 Å². The molecule has 32 heavy (non-hydrogen) atoms. The third kappa shape index (κ3) is 5.12. The summed E-state index contributed by atoms with van der Waals surface area (Å²) in [5.41, 5.74) is -0.801. The molecular weight excluding hydrogens is 467 g/mol. The van der Waals surface area contributed by atoms with Crippen LogP contribution in [-0.4, -0.2) is 49.7 Å². The van der Waals surface area contributed by atoms with Crippen LogP contribution in [0.4, 0.5) is 13.2 Å². The molecule has 1 aliphatic heterocycles. The minimum Gasteiger partial charge on any atom is -0.337 e. The van der Waals surface area contributed by atoms with Crippen molar-refractivity contribution in [2.45, 2.75) is 11.1 Å². The summed E-state index contributed by atoms with van der Waals surface area (Å²) in [5.74, 6) is -0.456. The molecule has 0 aromatic heterocycles. The van der Waals surface area contributed by atoms with E-state index < -0.39 is 32.7 Å². The molecule has 1 saturated heterocycles. The maximum Gasteiger partial charge on any atom is 0.417 e. The minimum absolute atomic E-state index is 0.0286. The summed E-state index contributed by atoms with van der Waals surface area (Å²) in [6, 6.07) is 11.0. The van der Waals surface area contributed by atoms with Gasteiger partial charge < -0.3 is 4.90 Å². The van der Waals surface area contributed by atoms with Gasteiger partial charge in [0.05, 0.1) is 21.0 Å². The molecule has 11 heteroatoms. The topological polar surface area (TPSA) is 81.5 Å². The summed E-state index contributed by atoms with van der Waals surface area (Å²) in [6.45, 7) is 0.263. The molecule has 0 atom stereocenters. The van der Waals surface area contributed by atoms with Crippen molar-refractivity contribution in [2.24, 2.45) is 0 Å². The van der Waals surface area contributed by atoms with Crippen molar-refractivity contribution in [1.29, 1.82) is 5.26 Å². The molecule has 0 saturated carbocycles. The molecule has 0 bridgehead atoms. The van der Waals surface area contributed by atoms with E-state index in [9.17, 15) is 26.4 Å². The molecule has 0 aliphatic carbocycles. The number of hydrogen-bond acceptors (Lipinski definition) is 4. The third-order valence-corrected chi connectivity index (χ3v) is 7.18. The smallest absolute Gasteiger partial charge is 0.337 e. The third-order valence-electron chi connectivity index (χ3n) is 4.89. The van der Waals surface area contributed by atoms with Crippen molar-refractivity contribution in [3.05, 3.63) is 70.3 Å². The highest BCUT2D eigenvalue weighted by Crippen LogP contribution is 2.35. The number of rotatable bonds is 4. The van der Waals surface area contributed by atoms with E-state index >= 15 is 0 Å². The first-order valence-electron chi connectivity index (χ1n) is 9.37. The normalized spacial score (nSPS) is 15.7. The van der Waals surface area contributed by atoms with Crippen molar-refractivity contribution < 1.29 is 26.4 Å². The predicted molar refractivity (Wildman–Crippen MR) is 112 cm³/mol. The van der Waals surface area contributed by atoms with Crippen LogP contribution in [0.3, 0.4) is 0 Å². The van der Waals surface area contributed by atoms with Crippen molar-refractivity contribution in [3.8, 4) is 6.07 Å². The number of nitriles is 1. The molecule has 168 valence electrons. The van der Waals surface area contributed by atoms with Gasteiger partial charge in [0.15, 0.2) is 0 Å². The lowest BCUT2D eigenvalue weighted by Crippen LogP contribution is -2.50. The van der Waals surface area contributed by atoms with Gasteiger partial charge in [-0.05, 0) is 35.9 Å². The molecule has 2 aromatic carbocycles. The number of benzene rings is 2. The fraction of sp³-hybridized carbons (Fsp3) is 0.238. The van der Waals surface area contributed by atoms with Crippen LogP contribution in [0.15, 0.2) is 53.4 Å². The Balaban J connectivity index is 1.67. The molecule has 1 heterocycles. The van der Waals surface area contributed by atoms with E-state index in [1.165, 1.54) is 39.5 Å². The van der Waals surface area contributed by atoms with Gasteiger partial charge in [-0.25, -0.2) is 8.42 Å². The Morgan fingerprint density at radius 1 is 1.09 bits per heavy atom. The predicted octanol–water partition coefficient (Wildman–Crippen LogP) is 3.78. The zero-order valence-electron chi connectivity index (χ0n) is 16.5. The summed E-state index contributed by atoms with van der Waals surface area (Å²) >= 11 is 5.59. The van der Waals surface area contributed by atoms with E-state index in [0.29, 0.717) is 0 Å². The number of nitrogens with zero attached hydrogens (tertiary/aromatic N) is 3. The van der Waals surface area contributed by atoms with E-state index in [1.807, 2.05) is 6.07 Å². The van der Waals surface area contributed by atoms with E-state index in [4.69, 9.17) is 16.9 Å². The molecule has 0 spiro atoms. The highest BCUT2D eigenvalue weighted by molar-refractivity contribution is 7.89. The zero-order valence-corrected chi connectivity index (χ0v) is 18.1. The van der Waals surface area contributed by atoms with Crippen LogP contribution in [0.1, 0.15) is 16.7 Å².